The summed E-state index contributed by atoms with van der Waals surface area (Å²) in [4.78, 5) is 14.7. The minimum absolute atomic E-state index is 0.0768. The molecule has 0 aliphatic carbocycles. The summed E-state index contributed by atoms with van der Waals surface area (Å²) in [6, 6.07) is 2.65. The number of rotatable bonds is 2. The quantitative estimate of drug-likeness (QED) is 0.477. The maximum atomic E-state index is 12.9. The van der Waals surface area contributed by atoms with Crippen molar-refractivity contribution in [3.63, 3.8) is 0 Å². The Labute approximate surface area is 85.4 Å². The van der Waals surface area contributed by atoms with Gasteiger partial charge < -0.3 is 0 Å². The van der Waals surface area contributed by atoms with Crippen molar-refractivity contribution in [3.8, 4) is 0 Å². The Morgan fingerprint density at radius 2 is 2.25 bits per heavy atom. The summed E-state index contributed by atoms with van der Waals surface area (Å²) in [5, 5.41) is 0.0768. The normalized spacial score (nSPS) is 9.92. The fourth-order valence-corrected chi connectivity index (χ4v) is 1.25. The van der Waals surface area contributed by atoms with Crippen LogP contribution in [0.3, 0.4) is 0 Å². The van der Waals surface area contributed by atoms with E-state index in [1.54, 1.807) is 0 Å². The zero-order valence-electron chi connectivity index (χ0n) is 5.85. The number of pyridine rings is 1. The van der Waals surface area contributed by atoms with Crippen molar-refractivity contribution in [1.82, 2.24) is 4.98 Å². The van der Waals surface area contributed by atoms with Gasteiger partial charge in [-0.2, -0.15) is 0 Å². The largest absolute Gasteiger partial charge is 0.291 e. The van der Waals surface area contributed by atoms with Gasteiger partial charge in [0, 0.05) is 0 Å². The number of Topliss-reactive ketones (excluding diaryl/α,β-unsaturated/α-hetero) is 1. The van der Waals surface area contributed by atoms with Crippen LogP contribution in [0.1, 0.15) is 10.5 Å². The molecule has 0 bridgehead atoms. The standard InChI is InChI=1S/C7H4Br2FNO/c8-3-5(12)7-4(10)1-2-6(9)11-7/h1-2H,3H2. The predicted molar refractivity (Wildman–Crippen MR) is 50.0 cm³/mol. The van der Waals surface area contributed by atoms with Gasteiger partial charge in [0.2, 0.25) is 0 Å². The second-order valence-corrected chi connectivity index (χ2v) is 3.39. The van der Waals surface area contributed by atoms with Crippen LogP contribution < -0.4 is 0 Å². The first-order valence-corrected chi connectivity index (χ1v) is 4.98. The van der Waals surface area contributed by atoms with Gasteiger partial charge in [0.1, 0.15) is 10.3 Å². The Kier molecular flexibility index (Phi) is 3.34. The minimum atomic E-state index is -0.595. The van der Waals surface area contributed by atoms with Gasteiger partial charge in [0.15, 0.2) is 11.6 Å². The fraction of sp³-hybridized carbons (Fsp3) is 0.143. The molecule has 0 aliphatic heterocycles. The number of alkyl halides is 1. The summed E-state index contributed by atoms with van der Waals surface area (Å²) < 4.78 is 13.3. The predicted octanol–water partition coefficient (Wildman–Crippen LogP) is 2.56. The topological polar surface area (TPSA) is 30.0 Å². The number of aromatic nitrogens is 1. The van der Waals surface area contributed by atoms with Crippen LogP contribution in [0.5, 0.6) is 0 Å². The molecule has 0 N–H and O–H groups in total. The van der Waals surface area contributed by atoms with E-state index < -0.39 is 5.82 Å². The number of nitrogens with zero attached hydrogens (tertiary/aromatic N) is 1. The smallest absolute Gasteiger partial charge is 0.194 e. The van der Waals surface area contributed by atoms with Gasteiger partial charge in [-0.25, -0.2) is 9.37 Å². The van der Waals surface area contributed by atoms with Crippen molar-refractivity contribution < 1.29 is 9.18 Å². The van der Waals surface area contributed by atoms with Crippen molar-refractivity contribution in [2.45, 2.75) is 0 Å². The average molecular weight is 297 g/mol. The van der Waals surface area contributed by atoms with Crippen molar-refractivity contribution in [1.29, 1.82) is 0 Å². The van der Waals surface area contributed by atoms with Gasteiger partial charge in [-0.05, 0) is 28.1 Å². The third-order valence-corrected chi connectivity index (χ3v) is 2.15. The third kappa shape index (κ3) is 2.10. The molecule has 0 fully saturated rings. The molecule has 0 spiro atoms. The Hall–Kier alpha value is -0.290. The first kappa shape index (κ1) is 9.80. The van der Waals surface area contributed by atoms with E-state index >= 15 is 0 Å². The summed E-state index contributed by atoms with van der Waals surface area (Å²) in [6.45, 7) is 0. The highest BCUT2D eigenvalue weighted by atomic mass is 79.9. The zero-order valence-corrected chi connectivity index (χ0v) is 9.02. The fourth-order valence-electron chi connectivity index (χ4n) is 0.677. The molecule has 0 amide bonds. The maximum Gasteiger partial charge on any atom is 0.194 e. The first-order chi connectivity index (χ1) is 5.65. The van der Waals surface area contributed by atoms with Crippen LogP contribution in [0.15, 0.2) is 16.7 Å². The van der Waals surface area contributed by atoms with Crippen LogP contribution in [-0.4, -0.2) is 16.1 Å². The first-order valence-electron chi connectivity index (χ1n) is 3.06. The lowest BCUT2D eigenvalue weighted by atomic mass is 10.2. The molecule has 2 nitrogen and oxygen atoms in total. The van der Waals surface area contributed by atoms with Crippen molar-refractivity contribution in [3.05, 3.63) is 28.2 Å². The molecule has 0 saturated heterocycles. The van der Waals surface area contributed by atoms with Gasteiger partial charge >= 0.3 is 0 Å². The average Bonchev–Trinajstić information content (AvgIpc) is 2.08. The molecule has 12 heavy (non-hydrogen) atoms. The SMILES string of the molecule is O=C(CBr)c1nc(Br)ccc1F. The number of hydrogen-bond acceptors (Lipinski definition) is 2. The van der Waals surface area contributed by atoms with E-state index in [1.165, 1.54) is 12.1 Å². The van der Waals surface area contributed by atoms with Crippen LogP contribution in [-0.2, 0) is 0 Å². The summed E-state index contributed by atoms with van der Waals surface area (Å²) in [7, 11) is 0. The Bertz CT molecular complexity index is 316. The van der Waals surface area contributed by atoms with Crippen molar-refractivity contribution in [2.75, 3.05) is 5.33 Å². The minimum Gasteiger partial charge on any atom is -0.291 e. The van der Waals surface area contributed by atoms with Gasteiger partial charge in [-0.3, -0.25) is 4.79 Å². The highest BCUT2D eigenvalue weighted by Gasteiger charge is 2.11. The Morgan fingerprint density at radius 1 is 1.58 bits per heavy atom. The molecule has 1 aromatic rings. The van der Waals surface area contributed by atoms with E-state index in [2.05, 4.69) is 36.8 Å². The van der Waals surface area contributed by atoms with Crippen LogP contribution >= 0.6 is 31.9 Å². The maximum absolute atomic E-state index is 12.9. The van der Waals surface area contributed by atoms with E-state index in [1.807, 2.05) is 0 Å². The highest BCUT2D eigenvalue weighted by molar-refractivity contribution is 9.10. The zero-order chi connectivity index (χ0) is 9.14. The molecule has 0 aliphatic rings. The van der Waals surface area contributed by atoms with E-state index in [0.717, 1.165) is 0 Å². The molecule has 64 valence electrons. The third-order valence-electron chi connectivity index (χ3n) is 1.20. The molecule has 0 radical (unpaired) electrons. The Morgan fingerprint density at radius 3 is 2.83 bits per heavy atom. The number of carbonyl (C=O) groups is 1. The number of halogens is 3. The van der Waals surface area contributed by atoms with Gasteiger partial charge in [0.05, 0.1) is 5.33 Å². The summed E-state index contributed by atoms with van der Waals surface area (Å²) in [5.41, 5.74) is -0.138. The van der Waals surface area contributed by atoms with Crippen molar-refractivity contribution in [2.24, 2.45) is 0 Å². The van der Waals surface area contributed by atoms with Gasteiger partial charge in [-0.1, -0.05) is 15.9 Å². The molecule has 5 heteroatoms. The van der Waals surface area contributed by atoms with Gasteiger partial charge in [0.25, 0.3) is 0 Å². The lowest BCUT2D eigenvalue weighted by Gasteiger charge is -1.98. The molecule has 0 unspecified atom stereocenters. The van der Waals surface area contributed by atoms with Crippen molar-refractivity contribution >= 4 is 37.6 Å². The molecule has 0 saturated carbocycles. The number of hydrogen-bond donors (Lipinski definition) is 0. The summed E-state index contributed by atoms with van der Waals surface area (Å²) in [6.07, 6.45) is 0. The van der Waals surface area contributed by atoms with Gasteiger partial charge in [-0.15, -0.1) is 0 Å². The second-order valence-electron chi connectivity index (χ2n) is 2.02. The van der Waals surface area contributed by atoms with Crippen LogP contribution in [0.4, 0.5) is 4.39 Å². The van der Waals surface area contributed by atoms with Crippen LogP contribution in [0.25, 0.3) is 0 Å². The molecule has 0 aromatic carbocycles. The van der Waals surface area contributed by atoms with Crippen LogP contribution in [0, 0.1) is 5.82 Å². The monoisotopic (exact) mass is 295 g/mol. The van der Waals surface area contributed by atoms with E-state index in [4.69, 9.17) is 0 Å². The summed E-state index contributed by atoms with van der Waals surface area (Å²) >= 11 is 5.99. The Balaban J connectivity index is 3.13. The molecule has 0 atom stereocenters. The molecular formula is C7H4Br2FNO. The van der Waals surface area contributed by atoms with E-state index in [0.29, 0.717) is 4.60 Å². The summed E-state index contributed by atoms with van der Waals surface area (Å²) in [5.74, 6) is -0.962. The molecule has 1 aromatic heterocycles. The van der Waals surface area contributed by atoms with E-state index in [9.17, 15) is 9.18 Å². The molecular weight excluding hydrogens is 293 g/mol. The lowest BCUT2D eigenvalue weighted by Crippen LogP contribution is -2.06. The van der Waals surface area contributed by atoms with Crippen LogP contribution in [0.2, 0.25) is 0 Å². The number of carbonyl (C=O) groups excluding carboxylic acids is 1. The highest BCUT2D eigenvalue weighted by Crippen LogP contribution is 2.11. The van der Waals surface area contributed by atoms with E-state index in [-0.39, 0.29) is 16.8 Å². The molecule has 1 heterocycles. The molecule has 1 rings (SSSR count). The lowest BCUT2D eigenvalue weighted by molar-refractivity contribution is 0.101. The number of ketones is 1. The second kappa shape index (κ2) is 4.09.